The summed E-state index contributed by atoms with van der Waals surface area (Å²) in [5, 5.41) is 0. The predicted molar refractivity (Wildman–Crippen MR) is 64.3 cm³/mol. The minimum Gasteiger partial charge on any atom is -0.303 e. The number of hydrogen-bond donors (Lipinski definition) is 0. The van der Waals surface area contributed by atoms with E-state index in [1.54, 1.807) is 6.07 Å². The van der Waals surface area contributed by atoms with Crippen LogP contribution in [0.25, 0.3) is 0 Å². The van der Waals surface area contributed by atoms with Gasteiger partial charge in [0.25, 0.3) is 0 Å². The van der Waals surface area contributed by atoms with Gasteiger partial charge in [-0.3, -0.25) is 0 Å². The number of carbonyl (C=O) groups is 1. The van der Waals surface area contributed by atoms with Crippen LogP contribution in [0, 0.1) is 5.92 Å². The van der Waals surface area contributed by atoms with E-state index in [0.29, 0.717) is 18.4 Å². The zero-order valence-electron chi connectivity index (χ0n) is 10.5. The smallest absolute Gasteiger partial charge is 0.303 e. The van der Waals surface area contributed by atoms with Crippen molar-refractivity contribution < 1.29 is 18.0 Å². The third kappa shape index (κ3) is 3.86. The van der Waals surface area contributed by atoms with Gasteiger partial charge in [0.1, 0.15) is 6.29 Å². The lowest BCUT2D eigenvalue weighted by Gasteiger charge is -2.21. The lowest BCUT2D eigenvalue weighted by molar-refractivity contribution is -0.137. The van der Waals surface area contributed by atoms with Crippen molar-refractivity contribution in [3.05, 3.63) is 35.4 Å². The van der Waals surface area contributed by atoms with Crippen molar-refractivity contribution in [1.82, 2.24) is 0 Å². The van der Waals surface area contributed by atoms with Gasteiger partial charge < -0.3 is 4.79 Å². The predicted octanol–water partition coefficient (Wildman–Crippen LogP) is 4.42. The van der Waals surface area contributed by atoms with E-state index in [2.05, 4.69) is 0 Å². The zero-order chi connectivity index (χ0) is 13.8. The Morgan fingerprint density at radius 1 is 1.28 bits per heavy atom. The summed E-state index contributed by atoms with van der Waals surface area (Å²) in [7, 11) is 0. The Balaban J connectivity index is 3.01. The Morgan fingerprint density at radius 3 is 2.44 bits per heavy atom. The molecule has 0 N–H and O–H groups in total. The van der Waals surface area contributed by atoms with Gasteiger partial charge >= 0.3 is 6.18 Å². The van der Waals surface area contributed by atoms with E-state index < -0.39 is 11.7 Å². The molecule has 0 aliphatic heterocycles. The number of rotatable bonds is 5. The standard InChI is InChI=1S/C14H17F3O/c1-10(2)13(7-4-8-18)11-5-3-6-12(9-11)14(15,16)17/h3,5-6,8-10,13H,4,7H2,1-2H3. The molecule has 0 aliphatic carbocycles. The van der Waals surface area contributed by atoms with Gasteiger partial charge in [0.05, 0.1) is 5.56 Å². The van der Waals surface area contributed by atoms with Crippen LogP contribution in [0.15, 0.2) is 24.3 Å². The average molecular weight is 258 g/mol. The maximum Gasteiger partial charge on any atom is 0.416 e. The topological polar surface area (TPSA) is 17.1 Å². The minimum atomic E-state index is -4.32. The molecule has 100 valence electrons. The van der Waals surface area contributed by atoms with E-state index >= 15 is 0 Å². The van der Waals surface area contributed by atoms with Gasteiger partial charge in [0.2, 0.25) is 0 Å². The van der Waals surface area contributed by atoms with Crippen molar-refractivity contribution >= 4 is 6.29 Å². The highest BCUT2D eigenvalue weighted by molar-refractivity contribution is 5.49. The second kappa shape index (κ2) is 6.03. The summed E-state index contributed by atoms with van der Waals surface area (Å²) < 4.78 is 37.9. The first-order chi connectivity index (χ1) is 8.36. The van der Waals surface area contributed by atoms with Crippen LogP contribution in [0.2, 0.25) is 0 Å². The molecule has 0 saturated carbocycles. The van der Waals surface area contributed by atoms with Crippen molar-refractivity contribution in [2.24, 2.45) is 5.92 Å². The van der Waals surface area contributed by atoms with Gasteiger partial charge in [-0.25, -0.2) is 0 Å². The number of aldehydes is 1. The molecule has 1 rings (SSSR count). The van der Waals surface area contributed by atoms with Gasteiger partial charge in [-0.2, -0.15) is 13.2 Å². The van der Waals surface area contributed by atoms with E-state index in [9.17, 15) is 18.0 Å². The Labute approximate surface area is 105 Å². The monoisotopic (exact) mass is 258 g/mol. The molecule has 1 nitrogen and oxygen atoms in total. The molecule has 0 fully saturated rings. The summed E-state index contributed by atoms with van der Waals surface area (Å²) in [6.45, 7) is 3.91. The molecule has 0 radical (unpaired) electrons. The molecular formula is C14H17F3O. The highest BCUT2D eigenvalue weighted by Crippen LogP contribution is 2.34. The molecule has 1 aromatic carbocycles. The van der Waals surface area contributed by atoms with Crippen LogP contribution in [0.4, 0.5) is 13.2 Å². The van der Waals surface area contributed by atoms with E-state index in [4.69, 9.17) is 0 Å². The van der Waals surface area contributed by atoms with Crippen LogP contribution < -0.4 is 0 Å². The van der Waals surface area contributed by atoms with Gasteiger partial charge in [-0.05, 0) is 29.9 Å². The van der Waals surface area contributed by atoms with Crippen molar-refractivity contribution in [2.75, 3.05) is 0 Å². The zero-order valence-corrected chi connectivity index (χ0v) is 10.5. The average Bonchev–Trinajstić information content (AvgIpc) is 2.28. The molecule has 18 heavy (non-hydrogen) atoms. The van der Waals surface area contributed by atoms with Crippen LogP contribution in [0.3, 0.4) is 0 Å². The molecule has 1 atom stereocenters. The van der Waals surface area contributed by atoms with Gasteiger partial charge in [-0.15, -0.1) is 0 Å². The molecule has 0 amide bonds. The molecular weight excluding hydrogens is 241 g/mol. The fraction of sp³-hybridized carbons (Fsp3) is 0.500. The maximum atomic E-state index is 12.6. The third-order valence-corrected chi connectivity index (χ3v) is 3.04. The Bertz CT molecular complexity index is 396. The quantitative estimate of drug-likeness (QED) is 0.714. The molecule has 1 unspecified atom stereocenters. The van der Waals surface area contributed by atoms with Crippen LogP contribution in [-0.4, -0.2) is 6.29 Å². The second-order valence-corrected chi connectivity index (χ2v) is 4.72. The highest BCUT2D eigenvalue weighted by atomic mass is 19.4. The fourth-order valence-electron chi connectivity index (χ4n) is 2.08. The van der Waals surface area contributed by atoms with Crippen molar-refractivity contribution in [1.29, 1.82) is 0 Å². The SMILES string of the molecule is CC(C)C(CCC=O)c1cccc(C(F)(F)F)c1. The lowest BCUT2D eigenvalue weighted by atomic mass is 9.84. The van der Waals surface area contributed by atoms with Gasteiger partial charge in [-0.1, -0.05) is 32.0 Å². The van der Waals surface area contributed by atoms with Gasteiger partial charge in [0, 0.05) is 6.42 Å². The van der Waals surface area contributed by atoms with E-state index in [1.807, 2.05) is 13.8 Å². The molecule has 0 bridgehead atoms. The maximum absolute atomic E-state index is 12.6. The van der Waals surface area contributed by atoms with Gasteiger partial charge in [0.15, 0.2) is 0 Å². The van der Waals surface area contributed by atoms with Crippen LogP contribution in [-0.2, 0) is 11.0 Å². The van der Waals surface area contributed by atoms with Crippen LogP contribution in [0.5, 0.6) is 0 Å². The summed E-state index contributed by atoms with van der Waals surface area (Å²) in [4.78, 5) is 10.4. The Hall–Kier alpha value is -1.32. The number of alkyl halides is 3. The summed E-state index contributed by atoms with van der Waals surface area (Å²) in [6.07, 6.45) is -2.55. The minimum absolute atomic E-state index is 0.0162. The molecule has 0 heterocycles. The van der Waals surface area contributed by atoms with E-state index in [0.717, 1.165) is 12.4 Å². The Kier molecular flexibility index (Phi) is 4.93. The number of benzene rings is 1. The summed E-state index contributed by atoms with van der Waals surface area (Å²) in [5.41, 5.74) is 0.0263. The second-order valence-electron chi connectivity index (χ2n) is 4.72. The van der Waals surface area contributed by atoms with Crippen LogP contribution >= 0.6 is 0 Å². The van der Waals surface area contributed by atoms with Crippen molar-refractivity contribution in [2.45, 2.75) is 38.8 Å². The molecule has 0 saturated heterocycles. The Morgan fingerprint density at radius 2 is 1.94 bits per heavy atom. The summed E-state index contributed by atoms with van der Waals surface area (Å²) >= 11 is 0. The lowest BCUT2D eigenvalue weighted by Crippen LogP contribution is -2.10. The number of halogens is 3. The molecule has 4 heteroatoms. The summed E-state index contributed by atoms with van der Waals surface area (Å²) in [5.74, 6) is 0.186. The highest BCUT2D eigenvalue weighted by Gasteiger charge is 2.31. The largest absolute Gasteiger partial charge is 0.416 e. The van der Waals surface area contributed by atoms with Crippen molar-refractivity contribution in [3.63, 3.8) is 0 Å². The van der Waals surface area contributed by atoms with E-state index in [1.165, 1.54) is 12.1 Å². The van der Waals surface area contributed by atoms with Crippen molar-refractivity contribution in [3.8, 4) is 0 Å². The number of hydrogen-bond acceptors (Lipinski definition) is 1. The first-order valence-electron chi connectivity index (χ1n) is 5.97. The van der Waals surface area contributed by atoms with Crippen LogP contribution in [0.1, 0.15) is 43.7 Å². The van der Waals surface area contributed by atoms with E-state index in [-0.39, 0.29) is 11.8 Å². The summed E-state index contributed by atoms with van der Waals surface area (Å²) in [6, 6.07) is 5.38. The first-order valence-corrected chi connectivity index (χ1v) is 5.97. The number of carbonyl (C=O) groups excluding carboxylic acids is 1. The molecule has 1 aromatic rings. The normalized spacial score (nSPS) is 13.7. The third-order valence-electron chi connectivity index (χ3n) is 3.04. The fourth-order valence-corrected chi connectivity index (χ4v) is 2.08. The molecule has 0 aromatic heterocycles. The molecule has 0 aliphatic rings. The molecule has 0 spiro atoms. The first kappa shape index (κ1) is 14.7.